The van der Waals surface area contributed by atoms with E-state index < -0.39 is 24.9 Å². The quantitative estimate of drug-likeness (QED) is 0.733. The van der Waals surface area contributed by atoms with Gasteiger partial charge in [0.05, 0.1) is 0 Å². The van der Waals surface area contributed by atoms with Crippen LogP contribution < -0.4 is 5.32 Å². The van der Waals surface area contributed by atoms with Gasteiger partial charge in [0, 0.05) is 18.8 Å². The zero-order valence-electron chi connectivity index (χ0n) is 11.2. The highest BCUT2D eigenvalue weighted by molar-refractivity contribution is 8.06. The summed E-state index contributed by atoms with van der Waals surface area (Å²) in [6.45, 7) is 2.30. The van der Waals surface area contributed by atoms with Crippen LogP contribution in [-0.2, 0) is 19.9 Å². The van der Waals surface area contributed by atoms with Gasteiger partial charge in [-0.05, 0) is 44.7 Å². The van der Waals surface area contributed by atoms with Crippen LogP contribution in [0.25, 0.3) is 0 Å². The molecule has 0 unspecified atom stereocenters. The van der Waals surface area contributed by atoms with Crippen molar-refractivity contribution in [3.05, 3.63) is 0 Å². The Morgan fingerprint density at radius 1 is 1.05 bits per heavy atom. The van der Waals surface area contributed by atoms with Gasteiger partial charge in [0.25, 0.3) is 0 Å². The maximum atomic E-state index is 12.2. The van der Waals surface area contributed by atoms with Crippen molar-refractivity contribution in [1.29, 1.82) is 0 Å². The Labute approximate surface area is 115 Å². The molecule has 0 amide bonds. The van der Waals surface area contributed by atoms with Crippen molar-refractivity contribution in [3.63, 3.8) is 0 Å². The van der Waals surface area contributed by atoms with Crippen LogP contribution in [0.2, 0.25) is 0 Å². The van der Waals surface area contributed by atoms with E-state index in [0.717, 1.165) is 45.0 Å². The first kappa shape index (κ1) is 15.2. The first-order valence-electron chi connectivity index (χ1n) is 6.66. The second-order valence-electron chi connectivity index (χ2n) is 5.65. The molecule has 1 saturated heterocycles. The van der Waals surface area contributed by atoms with Crippen LogP contribution in [0, 0.1) is 5.92 Å². The van der Waals surface area contributed by atoms with Crippen LogP contribution in [0.3, 0.4) is 0 Å². The van der Waals surface area contributed by atoms with Crippen molar-refractivity contribution < 1.29 is 16.8 Å². The molecule has 6 nitrogen and oxygen atoms in total. The second kappa shape index (κ2) is 5.67. The third-order valence-electron chi connectivity index (χ3n) is 3.57. The minimum Gasteiger partial charge on any atom is -0.317 e. The fourth-order valence-electron chi connectivity index (χ4n) is 2.51. The molecule has 0 aromatic heterocycles. The summed E-state index contributed by atoms with van der Waals surface area (Å²) in [7, 11) is -7.21. The van der Waals surface area contributed by atoms with Crippen LogP contribution in [0.5, 0.6) is 0 Å². The monoisotopic (exact) mass is 310 g/mol. The lowest BCUT2D eigenvalue weighted by atomic mass is 9.98. The third kappa shape index (κ3) is 4.70. The molecule has 0 aromatic carbocycles. The molecule has 1 heterocycles. The van der Waals surface area contributed by atoms with Crippen LogP contribution in [0.4, 0.5) is 0 Å². The van der Waals surface area contributed by atoms with Gasteiger partial charge in [-0.25, -0.2) is 16.8 Å². The van der Waals surface area contributed by atoms with Gasteiger partial charge in [0.1, 0.15) is 0 Å². The Kier molecular flexibility index (Phi) is 4.54. The van der Waals surface area contributed by atoms with Crippen LogP contribution in [-0.4, -0.2) is 58.2 Å². The number of sulfone groups is 1. The van der Waals surface area contributed by atoms with E-state index in [4.69, 9.17) is 0 Å². The summed E-state index contributed by atoms with van der Waals surface area (Å²) in [6.07, 6.45) is 4.59. The SMILES string of the molecule is CS(=O)(=O)CS(=O)(=O)N(CC1CCNCC1)C1CC1. The summed E-state index contributed by atoms with van der Waals surface area (Å²) >= 11 is 0. The lowest BCUT2D eigenvalue weighted by molar-refractivity contribution is 0.284. The van der Waals surface area contributed by atoms with Crippen molar-refractivity contribution in [2.24, 2.45) is 5.92 Å². The van der Waals surface area contributed by atoms with Gasteiger partial charge in [-0.15, -0.1) is 0 Å². The predicted octanol–water partition coefficient (Wildman–Crippen LogP) is -0.218. The molecular weight excluding hydrogens is 288 g/mol. The Morgan fingerprint density at radius 2 is 1.63 bits per heavy atom. The normalized spacial score (nSPS) is 22.8. The molecule has 1 aliphatic carbocycles. The Balaban J connectivity index is 2.06. The molecule has 0 bridgehead atoms. The summed E-state index contributed by atoms with van der Waals surface area (Å²) in [4.78, 5) is 0. The number of nitrogens with one attached hydrogen (secondary N) is 1. The van der Waals surface area contributed by atoms with Crippen molar-refractivity contribution in [3.8, 4) is 0 Å². The van der Waals surface area contributed by atoms with Crippen molar-refractivity contribution in [2.45, 2.75) is 31.7 Å². The maximum Gasteiger partial charge on any atom is 0.228 e. The van der Waals surface area contributed by atoms with Crippen LogP contribution >= 0.6 is 0 Å². The van der Waals surface area contributed by atoms with E-state index in [0.29, 0.717) is 12.5 Å². The smallest absolute Gasteiger partial charge is 0.228 e. The Bertz CT molecular complexity index is 505. The first-order valence-corrected chi connectivity index (χ1v) is 10.3. The zero-order chi connectivity index (χ0) is 14.1. The van der Waals surface area contributed by atoms with E-state index >= 15 is 0 Å². The van der Waals surface area contributed by atoms with Crippen LogP contribution in [0.15, 0.2) is 0 Å². The summed E-state index contributed by atoms with van der Waals surface area (Å²) in [5.41, 5.74) is 0. The fraction of sp³-hybridized carbons (Fsp3) is 1.00. The highest BCUT2D eigenvalue weighted by Gasteiger charge is 2.39. The van der Waals surface area contributed by atoms with Gasteiger partial charge >= 0.3 is 0 Å². The summed E-state index contributed by atoms with van der Waals surface area (Å²) in [5, 5.41) is 2.48. The number of rotatable bonds is 6. The third-order valence-corrected chi connectivity index (χ3v) is 7.64. The van der Waals surface area contributed by atoms with Gasteiger partial charge in [-0.2, -0.15) is 4.31 Å². The molecule has 1 N–H and O–H groups in total. The van der Waals surface area contributed by atoms with E-state index in [1.807, 2.05) is 0 Å². The van der Waals surface area contributed by atoms with Crippen molar-refractivity contribution in [1.82, 2.24) is 9.62 Å². The fourth-order valence-corrected chi connectivity index (χ4v) is 6.32. The van der Waals surface area contributed by atoms with E-state index in [1.54, 1.807) is 0 Å². The van der Waals surface area contributed by atoms with Gasteiger partial charge < -0.3 is 5.32 Å². The molecule has 2 rings (SSSR count). The van der Waals surface area contributed by atoms with Crippen molar-refractivity contribution >= 4 is 19.9 Å². The molecule has 0 spiro atoms. The average molecular weight is 310 g/mol. The zero-order valence-corrected chi connectivity index (χ0v) is 12.8. The molecule has 19 heavy (non-hydrogen) atoms. The molecule has 2 aliphatic rings. The van der Waals surface area contributed by atoms with Gasteiger partial charge in [-0.3, -0.25) is 0 Å². The van der Waals surface area contributed by atoms with Crippen molar-refractivity contribution in [2.75, 3.05) is 31.0 Å². The lowest BCUT2D eigenvalue weighted by Crippen LogP contribution is -2.42. The number of piperidine rings is 1. The largest absolute Gasteiger partial charge is 0.317 e. The summed E-state index contributed by atoms with van der Waals surface area (Å²) < 4.78 is 48.5. The van der Waals surface area contributed by atoms with Gasteiger partial charge in [0.2, 0.25) is 10.0 Å². The molecule has 2 fully saturated rings. The minimum atomic E-state index is -3.69. The molecular formula is C11H22N2O4S2. The molecule has 0 radical (unpaired) electrons. The molecule has 0 atom stereocenters. The van der Waals surface area contributed by atoms with E-state index in [-0.39, 0.29) is 6.04 Å². The van der Waals surface area contributed by atoms with Gasteiger partial charge in [-0.1, -0.05) is 0 Å². The first-order chi connectivity index (χ1) is 8.78. The Hall–Kier alpha value is -0.180. The van der Waals surface area contributed by atoms with E-state index in [9.17, 15) is 16.8 Å². The number of sulfonamides is 1. The van der Waals surface area contributed by atoms with Gasteiger partial charge in [0.15, 0.2) is 14.9 Å². The lowest BCUT2D eigenvalue weighted by Gasteiger charge is -2.29. The van der Waals surface area contributed by atoms with Crippen LogP contribution in [0.1, 0.15) is 25.7 Å². The average Bonchev–Trinajstić information content (AvgIpc) is 3.07. The Morgan fingerprint density at radius 3 is 2.11 bits per heavy atom. The highest BCUT2D eigenvalue weighted by atomic mass is 32.3. The van der Waals surface area contributed by atoms with E-state index in [1.165, 1.54) is 4.31 Å². The maximum absolute atomic E-state index is 12.2. The molecule has 112 valence electrons. The second-order valence-corrected chi connectivity index (χ2v) is 10.1. The summed E-state index contributed by atoms with van der Waals surface area (Å²) in [6, 6.07) is 0.0293. The summed E-state index contributed by atoms with van der Waals surface area (Å²) in [5.74, 6) is 0.344. The molecule has 8 heteroatoms. The number of hydrogen-bond donors (Lipinski definition) is 1. The predicted molar refractivity (Wildman–Crippen MR) is 74.0 cm³/mol. The van der Waals surface area contributed by atoms with E-state index in [2.05, 4.69) is 5.32 Å². The highest BCUT2D eigenvalue weighted by Crippen LogP contribution is 2.31. The molecule has 1 saturated carbocycles. The number of nitrogens with zero attached hydrogens (tertiary/aromatic N) is 1. The standard InChI is InChI=1S/C11H22N2O4S2/c1-18(14,15)9-19(16,17)13(11-2-3-11)8-10-4-6-12-7-5-10/h10-12H,2-9H2,1H3. The topological polar surface area (TPSA) is 83.5 Å². The number of hydrogen-bond acceptors (Lipinski definition) is 5. The molecule has 1 aliphatic heterocycles. The molecule has 0 aromatic rings. The minimum absolute atomic E-state index is 0.0293.